The van der Waals surface area contributed by atoms with Gasteiger partial charge in [0.2, 0.25) is 0 Å². The summed E-state index contributed by atoms with van der Waals surface area (Å²) < 4.78 is 5.07. The number of aliphatic carboxylic acids is 1. The molecule has 0 rings (SSSR count). The molecule has 0 aliphatic carbocycles. The van der Waals surface area contributed by atoms with Crippen LogP contribution in [0, 0.1) is 0 Å². The Bertz CT molecular complexity index is 396. The number of unbranched alkanes of at least 4 members (excludes halogenated alkanes) is 1. The Hall–Kier alpha value is -1.38. The zero-order chi connectivity index (χ0) is 19.6. The molecule has 8 heteroatoms. The lowest BCUT2D eigenvalue weighted by Crippen LogP contribution is -2.43. The first-order valence-electron chi connectivity index (χ1n) is 8.71. The van der Waals surface area contributed by atoms with Crippen molar-refractivity contribution in [2.75, 3.05) is 19.6 Å². The molecule has 148 valence electrons. The number of nitrogens with zero attached hydrogens (tertiary/aromatic N) is 1. The van der Waals surface area contributed by atoms with E-state index in [0.29, 0.717) is 32.5 Å². The smallest absolute Gasteiger partial charge is 0.408 e. The summed E-state index contributed by atoms with van der Waals surface area (Å²) in [6.45, 7) is 10.0. The number of carbonyl (C=O) groups is 2. The van der Waals surface area contributed by atoms with Gasteiger partial charge in [-0.2, -0.15) is 0 Å². The summed E-state index contributed by atoms with van der Waals surface area (Å²) in [5.74, 6) is -1.10. The van der Waals surface area contributed by atoms with Gasteiger partial charge in [-0.3, -0.25) is 4.90 Å². The molecule has 0 aliphatic rings. The van der Waals surface area contributed by atoms with Crippen molar-refractivity contribution in [3.8, 4) is 0 Å². The largest absolute Gasteiger partial charge is 0.480 e. The van der Waals surface area contributed by atoms with E-state index in [1.54, 1.807) is 34.6 Å². The SMILES string of the molecule is C[C@@H](O)CN(CCCCC(NC(=O)OC(C)(C)C)C(=O)O)C[C@@H](C)O. The molecule has 0 radical (unpaired) electrons. The summed E-state index contributed by atoms with van der Waals surface area (Å²) in [5, 5.41) is 30.6. The molecule has 0 aliphatic heterocycles. The Morgan fingerprint density at radius 3 is 2.00 bits per heavy atom. The fraction of sp³-hybridized carbons (Fsp3) is 0.882. The molecule has 0 saturated carbocycles. The second-order valence-electron chi connectivity index (χ2n) is 7.49. The number of carboxylic acids is 1. The van der Waals surface area contributed by atoms with E-state index in [9.17, 15) is 24.9 Å². The molecule has 0 heterocycles. The van der Waals surface area contributed by atoms with E-state index in [1.165, 1.54) is 0 Å². The number of aliphatic hydroxyl groups excluding tert-OH is 2. The van der Waals surface area contributed by atoms with Gasteiger partial charge in [0.05, 0.1) is 12.2 Å². The van der Waals surface area contributed by atoms with Gasteiger partial charge in [-0.25, -0.2) is 9.59 Å². The van der Waals surface area contributed by atoms with E-state index < -0.39 is 35.9 Å². The van der Waals surface area contributed by atoms with Crippen LogP contribution >= 0.6 is 0 Å². The van der Waals surface area contributed by atoms with Crippen LogP contribution in [-0.2, 0) is 9.53 Å². The molecule has 0 fully saturated rings. The Morgan fingerprint density at radius 1 is 1.08 bits per heavy atom. The monoisotopic (exact) mass is 362 g/mol. The van der Waals surface area contributed by atoms with Gasteiger partial charge in [0.1, 0.15) is 11.6 Å². The van der Waals surface area contributed by atoms with Crippen LogP contribution in [0.15, 0.2) is 0 Å². The first-order valence-corrected chi connectivity index (χ1v) is 8.71. The number of aliphatic hydroxyl groups is 2. The van der Waals surface area contributed by atoms with Crippen molar-refractivity contribution in [1.82, 2.24) is 10.2 Å². The minimum atomic E-state index is -1.10. The number of carbonyl (C=O) groups excluding carboxylic acids is 1. The third kappa shape index (κ3) is 13.6. The average Bonchev–Trinajstić information content (AvgIpc) is 2.38. The van der Waals surface area contributed by atoms with Gasteiger partial charge in [-0.1, -0.05) is 0 Å². The number of rotatable bonds is 11. The summed E-state index contributed by atoms with van der Waals surface area (Å²) in [5.41, 5.74) is -0.685. The Morgan fingerprint density at radius 2 is 1.60 bits per heavy atom. The maximum atomic E-state index is 11.7. The Kier molecular flexibility index (Phi) is 10.7. The van der Waals surface area contributed by atoms with Crippen LogP contribution in [0.5, 0.6) is 0 Å². The molecule has 1 unspecified atom stereocenters. The summed E-state index contributed by atoms with van der Waals surface area (Å²) in [7, 11) is 0. The van der Waals surface area contributed by atoms with Gasteiger partial charge in [0.25, 0.3) is 0 Å². The lowest BCUT2D eigenvalue weighted by atomic mass is 10.1. The molecular weight excluding hydrogens is 328 g/mol. The Balaban J connectivity index is 4.33. The molecule has 0 aromatic carbocycles. The third-order valence-electron chi connectivity index (χ3n) is 3.25. The quantitative estimate of drug-likeness (QED) is 0.408. The number of alkyl carbamates (subject to hydrolysis) is 1. The van der Waals surface area contributed by atoms with Crippen LogP contribution in [-0.4, -0.2) is 75.8 Å². The molecule has 3 atom stereocenters. The topological polar surface area (TPSA) is 119 Å². The first-order chi connectivity index (χ1) is 11.4. The number of nitrogens with one attached hydrogen (secondary N) is 1. The van der Waals surface area contributed by atoms with Gasteiger partial charge in [-0.15, -0.1) is 0 Å². The van der Waals surface area contributed by atoms with Crippen molar-refractivity contribution in [3.05, 3.63) is 0 Å². The summed E-state index contributed by atoms with van der Waals surface area (Å²) >= 11 is 0. The molecule has 0 spiro atoms. The predicted molar refractivity (Wildman–Crippen MR) is 94.4 cm³/mol. The van der Waals surface area contributed by atoms with Crippen molar-refractivity contribution in [2.45, 2.75) is 77.7 Å². The fourth-order valence-electron chi connectivity index (χ4n) is 2.40. The van der Waals surface area contributed by atoms with Gasteiger partial charge in [-0.05, 0) is 60.4 Å². The number of carboxylic acid groups (broad SMARTS) is 1. The van der Waals surface area contributed by atoms with Crippen LogP contribution in [0.25, 0.3) is 0 Å². The molecule has 0 aromatic rings. The van der Waals surface area contributed by atoms with E-state index in [1.807, 2.05) is 4.90 Å². The normalized spacial score (nSPS) is 15.5. The van der Waals surface area contributed by atoms with Crippen molar-refractivity contribution in [1.29, 1.82) is 0 Å². The van der Waals surface area contributed by atoms with Crippen molar-refractivity contribution in [3.63, 3.8) is 0 Å². The van der Waals surface area contributed by atoms with Crippen LogP contribution in [0.1, 0.15) is 53.9 Å². The minimum absolute atomic E-state index is 0.284. The van der Waals surface area contributed by atoms with E-state index in [-0.39, 0.29) is 6.42 Å². The summed E-state index contributed by atoms with van der Waals surface area (Å²) in [6.07, 6.45) is -0.183. The van der Waals surface area contributed by atoms with Crippen LogP contribution in [0.2, 0.25) is 0 Å². The Labute approximate surface area is 150 Å². The maximum Gasteiger partial charge on any atom is 0.408 e. The number of amides is 1. The minimum Gasteiger partial charge on any atom is -0.480 e. The van der Waals surface area contributed by atoms with Gasteiger partial charge in [0, 0.05) is 13.1 Å². The van der Waals surface area contributed by atoms with Crippen molar-refractivity contribution in [2.24, 2.45) is 0 Å². The highest BCUT2D eigenvalue weighted by Crippen LogP contribution is 2.09. The van der Waals surface area contributed by atoms with E-state index in [0.717, 1.165) is 0 Å². The molecule has 8 nitrogen and oxygen atoms in total. The summed E-state index contributed by atoms with van der Waals surface area (Å²) in [6, 6.07) is -1.00. The lowest BCUT2D eigenvalue weighted by Gasteiger charge is -2.25. The molecule has 0 saturated heterocycles. The van der Waals surface area contributed by atoms with E-state index >= 15 is 0 Å². The zero-order valence-electron chi connectivity index (χ0n) is 16.0. The maximum absolute atomic E-state index is 11.7. The second-order valence-corrected chi connectivity index (χ2v) is 7.49. The zero-order valence-corrected chi connectivity index (χ0v) is 16.0. The first kappa shape index (κ1) is 23.6. The van der Waals surface area contributed by atoms with E-state index in [2.05, 4.69) is 5.32 Å². The van der Waals surface area contributed by atoms with Crippen LogP contribution in [0.3, 0.4) is 0 Å². The predicted octanol–water partition coefficient (Wildman–Crippen LogP) is 1.20. The number of hydrogen-bond acceptors (Lipinski definition) is 6. The van der Waals surface area contributed by atoms with Gasteiger partial charge < -0.3 is 25.4 Å². The molecular formula is C17H34N2O6. The molecule has 1 amide bonds. The van der Waals surface area contributed by atoms with Gasteiger partial charge >= 0.3 is 12.1 Å². The molecule has 25 heavy (non-hydrogen) atoms. The van der Waals surface area contributed by atoms with Crippen LogP contribution in [0.4, 0.5) is 4.79 Å². The highest BCUT2D eigenvalue weighted by Gasteiger charge is 2.23. The molecule has 0 aromatic heterocycles. The second kappa shape index (κ2) is 11.3. The highest BCUT2D eigenvalue weighted by molar-refractivity contribution is 5.79. The number of hydrogen-bond donors (Lipinski definition) is 4. The highest BCUT2D eigenvalue weighted by atomic mass is 16.6. The lowest BCUT2D eigenvalue weighted by molar-refractivity contribution is -0.139. The molecule has 4 N–H and O–H groups in total. The van der Waals surface area contributed by atoms with E-state index in [4.69, 9.17) is 4.74 Å². The van der Waals surface area contributed by atoms with Crippen molar-refractivity contribution >= 4 is 12.1 Å². The number of ether oxygens (including phenoxy) is 1. The van der Waals surface area contributed by atoms with Crippen molar-refractivity contribution < 1.29 is 29.6 Å². The van der Waals surface area contributed by atoms with Gasteiger partial charge in [0.15, 0.2) is 0 Å². The fourth-order valence-corrected chi connectivity index (χ4v) is 2.40. The third-order valence-corrected chi connectivity index (χ3v) is 3.25. The summed E-state index contributed by atoms with van der Waals surface area (Å²) in [4.78, 5) is 24.9. The standard InChI is InChI=1S/C17H34N2O6/c1-12(20)10-19(11-13(2)21)9-7-6-8-14(15(22)23)18-16(24)25-17(3,4)5/h12-14,20-21H,6-11H2,1-5H3,(H,18,24)(H,22,23)/t12-,13-,14?/m1/s1. The average molecular weight is 362 g/mol. The molecule has 0 bridgehead atoms. The van der Waals surface area contributed by atoms with Crippen LogP contribution < -0.4 is 5.32 Å².